The fraction of sp³-hybridized carbons (Fsp3) is 0.381. The predicted molar refractivity (Wildman–Crippen MR) is 106 cm³/mol. The van der Waals surface area contributed by atoms with Crippen molar-refractivity contribution in [1.29, 1.82) is 0 Å². The van der Waals surface area contributed by atoms with E-state index >= 15 is 0 Å². The van der Waals surface area contributed by atoms with Gasteiger partial charge in [-0.25, -0.2) is 4.79 Å². The van der Waals surface area contributed by atoms with Crippen molar-refractivity contribution in [3.05, 3.63) is 51.2 Å². The normalized spacial score (nSPS) is 14.6. The van der Waals surface area contributed by atoms with Gasteiger partial charge in [0, 0.05) is 16.1 Å². The van der Waals surface area contributed by atoms with Crippen LogP contribution in [0.25, 0.3) is 0 Å². The number of nitrogens with one attached hydrogen (secondary N) is 1. The van der Waals surface area contributed by atoms with Crippen molar-refractivity contribution in [2.24, 2.45) is 0 Å². The van der Waals surface area contributed by atoms with E-state index in [1.807, 2.05) is 6.07 Å². The zero-order valence-electron chi connectivity index (χ0n) is 15.5. The maximum absolute atomic E-state index is 12.4. The first-order chi connectivity index (χ1) is 12.9. The second-order valence-corrected chi connectivity index (χ2v) is 7.93. The SMILES string of the molecule is CC(=O)c1ccc(NC(=O)[C@@H](C)OC(=O)c2cc3c(s2)CCCCC3)cc1. The minimum atomic E-state index is -0.910. The molecule has 1 aliphatic carbocycles. The molecule has 5 nitrogen and oxygen atoms in total. The van der Waals surface area contributed by atoms with Crippen LogP contribution in [0.2, 0.25) is 0 Å². The molecule has 0 radical (unpaired) electrons. The van der Waals surface area contributed by atoms with Crippen molar-refractivity contribution in [2.75, 3.05) is 5.32 Å². The van der Waals surface area contributed by atoms with Gasteiger partial charge in [0.25, 0.3) is 5.91 Å². The fourth-order valence-corrected chi connectivity index (χ4v) is 4.21. The average Bonchev–Trinajstić information content (AvgIpc) is 2.93. The number of carbonyl (C=O) groups is 3. The van der Waals surface area contributed by atoms with E-state index in [0.717, 1.165) is 25.7 Å². The molecule has 0 saturated carbocycles. The average molecular weight is 385 g/mol. The van der Waals surface area contributed by atoms with Crippen LogP contribution in [0.4, 0.5) is 5.69 Å². The van der Waals surface area contributed by atoms with Gasteiger partial charge in [-0.1, -0.05) is 6.42 Å². The summed E-state index contributed by atoms with van der Waals surface area (Å²) in [5.74, 6) is -0.899. The van der Waals surface area contributed by atoms with Crippen molar-refractivity contribution in [1.82, 2.24) is 0 Å². The van der Waals surface area contributed by atoms with Crippen molar-refractivity contribution >= 4 is 34.7 Å². The van der Waals surface area contributed by atoms with Crippen LogP contribution in [0.3, 0.4) is 0 Å². The Morgan fingerprint density at radius 2 is 1.78 bits per heavy atom. The van der Waals surface area contributed by atoms with Gasteiger partial charge in [-0.2, -0.15) is 0 Å². The number of hydrogen-bond acceptors (Lipinski definition) is 5. The molecule has 0 fully saturated rings. The van der Waals surface area contributed by atoms with Crippen LogP contribution < -0.4 is 5.32 Å². The van der Waals surface area contributed by atoms with Gasteiger partial charge >= 0.3 is 5.97 Å². The minimum absolute atomic E-state index is 0.0375. The maximum Gasteiger partial charge on any atom is 0.349 e. The molecule has 0 unspecified atom stereocenters. The highest BCUT2D eigenvalue weighted by molar-refractivity contribution is 7.14. The lowest BCUT2D eigenvalue weighted by Gasteiger charge is -2.13. The van der Waals surface area contributed by atoms with Gasteiger partial charge in [0.15, 0.2) is 11.9 Å². The highest BCUT2D eigenvalue weighted by Crippen LogP contribution is 2.29. The molecule has 27 heavy (non-hydrogen) atoms. The molecule has 1 aromatic heterocycles. The molecular weight excluding hydrogens is 362 g/mol. The van der Waals surface area contributed by atoms with E-state index in [2.05, 4.69) is 5.32 Å². The molecule has 1 heterocycles. The lowest BCUT2D eigenvalue weighted by Crippen LogP contribution is -2.29. The molecule has 6 heteroatoms. The van der Waals surface area contributed by atoms with E-state index < -0.39 is 18.0 Å². The number of carbonyl (C=O) groups excluding carboxylic acids is 3. The second-order valence-electron chi connectivity index (χ2n) is 6.79. The van der Waals surface area contributed by atoms with Crippen molar-refractivity contribution in [3.63, 3.8) is 0 Å². The van der Waals surface area contributed by atoms with Gasteiger partial charge in [0.2, 0.25) is 0 Å². The number of hydrogen-bond donors (Lipinski definition) is 1. The number of thiophene rings is 1. The number of esters is 1. The van der Waals surface area contributed by atoms with Crippen LogP contribution in [0.5, 0.6) is 0 Å². The minimum Gasteiger partial charge on any atom is -0.448 e. The predicted octanol–water partition coefficient (Wildman–Crippen LogP) is 4.40. The van der Waals surface area contributed by atoms with Crippen LogP contribution in [0.15, 0.2) is 30.3 Å². The highest BCUT2D eigenvalue weighted by atomic mass is 32.1. The summed E-state index contributed by atoms with van der Waals surface area (Å²) >= 11 is 1.48. The fourth-order valence-electron chi connectivity index (χ4n) is 3.07. The number of benzene rings is 1. The Morgan fingerprint density at radius 3 is 2.48 bits per heavy atom. The summed E-state index contributed by atoms with van der Waals surface area (Å²) < 4.78 is 5.35. The number of fused-ring (bicyclic) bond motifs is 1. The molecule has 1 atom stereocenters. The largest absolute Gasteiger partial charge is 0.448 e. The molecule has 2 aromatic rings. The Balaban J connectivity index is 1.59. The van der Waals surface area contributed by atoms with Crippen molar-refractivity contribution in [3.8, 4) is 0 Å². The summed E-state index contributed by atoms with van der Waals surface area (Å²) in [7, 11) is 0. The highest BCUT2D eigenvalue weighted by Gasteiger charge is 2.22. The van der Waals surface area contributed by atoms with Crippen LogP contribution in [0.1, 0.15) is 63.6 Å². The standard InChI is InChI=1S/C21H23NO4S/c1-13(23)15-8-10-17(11-9-15)22-20(24)14(2)26-21(25)19-12-16-6-4-3-5-7-18(16)27-19/h8-12,14H,3-7H2,1-2H3,(H,22,24)/t14-/m1/s1. The van der Waals surface area contributed by atoms with Gasteiger partial charge < -0.3 is 10.1 Å². The molecular formula is C21H23NO4S. The summed E-state index contributed by atoms with van der Waals surface area (Å²) in [5, 5.41) is 2.70. The van der Waals surface area contributed by atoms with Crippen LogP contribution >= 0.6 is 11.3 Å². The first-order valence-electron chi connectivity index (χ1n) is 9.18. The monoisotopic (exact) mass is 385 g/mol. The molecule has 0 saturated heterocycles. The number of anilines is 1. The molecule has 1 amide bonds. The number of ketones is 1. The van der Waals surface area contributed by atoms with Gasteiger partial charge in [0.05, 0.1) is 0 Å². The Bertz CT molecular complexity index is 830. The van der Waals surface area contributed by atoms with Crippen molar-refractivity contribution < 1.29 is 19.1 Å². The van der Waals surface area contributed by atoms with Gasteiger partial charge in [-0.3, -0.25) is 9.59 Å². The molecule has 0 spiro atoms. The van der Waals surface area contributed by atoms with Crippen LogP contribution in [-0.2, 0) is 22.4 Å². The van der Waals surface area contributed by atoms with Crippen LogP contribution in [-0.4, -0.2) is 23.8 Å². The van der Waals surface area contributed by atoms with E-state index in [9.17, 15) is 14.4 Å². The van der Waals surface area contributed by atoms with E-state index in [1.165, 1.54) is 35.1 Å². The Labute approximate surface area is 162 Å². The molecule has 0 aliphatic heterocycles. The van der Waals surface area contributed by atoms with E-state index in [0.29, 0.717) is 16.1 Å². The molecule has 142 valence electrons. The van der Waals surface area contributed by atoms with E-state index in [4.69, 9.17) is 4.74 Å². The quantitative estimate of drug-likeness (QED) is 0.470. The van der Waals surface area contributed by atoms with Gasteiger partial charge in [-0.15, -0.1) is 11.3 Å². The zero-order valence-corrected chi connectivity index (χ0v) is 16.4. The van der Waals surface area contributed by atoms with Gasteiger partial charge in [-0.05, 0) is 75.4 Å². The summed E-state index contributed by atoms with van der Waals surface area (Å²) in [6.45, 7) is 3.04. The summed E-state index contributed by atoms with van der Waals surface area (Å²) in [5.41, 5.74) is 2.37. The number of aryl methyl sites for hydroxylation is 2. The number of ether oxygens (including phenoxy) is 1. The number of rotatable bonds is 5. The molecule has 1 N–H and O–H groups in total. The Kier molecular flexibility index (Phi) is 6.06. The smallest absolute Gasteiger partial charge is 0.349 e. The molecule has 1 aliphatic rings. The maximum atomic E-state index is 12.4. The third kappa shape index (κ3) is 4.83. The van der Waals surface area contributed by atoms with Gasteiger partial charge in [0.1, 0.15) is 4.88 Å². The third-order valence-electron chi connectivity index (χ3n) is 4.66. The summed E-state index contributed by atoms with van der Waals surface area (Å²) in [4.78, 5) is 37.8. The Morgan fingerprint density at radius 1 is 1.07 bits per heavy atom. The topological polar surface area (TPSA) is 72.5 Å². The molecule has 3 rings (SSSR count). The summed E-state index contributed by atoms with van der Waals surface area (Å²) in [6, 6.07) is 8.51. The second kappa shape index (κ2) is 8.48. The summed E-state index contributed by atoms with van der Waals surface area (Å²) in [6.07, 6.45) is 4.64. The lowest BCUT2D eigenvalue weighted by molar-refractivity contribution is -0.123. The Hall–Kier alpha value is -2.47. The van der Waals surface area contributed by atoms with E-state index in [1.54, 1.807) is 31.2 Å². The molecule has 1 aromatic carbocycles. The number of Topliss-reactive ketones (excluding diaryl/α,β-unsaturated/α-hetero) is 1. The third-order valence-corrected chi connectivity index (χ3v) is 5.88. The first kappa shape index (κ1) is 19.3. The van der Waals surface area contributed by atoms with E-state index in [-0.39, 0.29) is 5.78 Å². The number of amides is 1. The lowest BCUT2D eigenvalue weighted by atomic mass is 10.1. The zero-order chi connectivity index (χ0) is 19.4. The first-order valence-corrected chi connectivity index (χ1v) is 10.00. The van der Waals surface area contributed by atoms with Crippen LogP contribution in [0, 0.1) is 0 Å². The van der Waals surface area contributed by atoms with Crippen molar-refractivity contribution in [2.45, 2.75) is 52.1 Å². The molecule has 0 bridgehead atoms.